The molecule has 4 nitrogen and oxygen atoms in total. The van der Waals surface area contributed by atoms with Crippen LogP contribution in [0.15, 0.2) is 0 Å². The van der Waals surface area contributed by atoms with Gasteiger partial charge in [0, 0.05) is 12.6 Å². The predicted octanol–water partition coefficient (Wildman–Crippen LogP) is 1.62. The summed E-state index contributed by atoms with van der Waals surface area (Å²) in [5, 5.41) is 8.82. The summed E-state index contributed by atoms with van der Waals surface area (Å²) in [5.74, 6) is 0.0969. The minimum absolute atomic E-state index is 0.0969. The van der Waals surface area contributed by atoms with E-state index in [9.17, 15) is 4.79 Å². The van der Waals surface area contributed by atoms with Crippen molar-refractivity contribution in [2.45, 2.75) is 58.2 Å². The van der Waals surface area contributed by atoms with E-state index >= 15 is 0 Å². The number of likely N-dealkylation sites (N-methyl/N-ethyl adjacent to an activating group) is 1. The van der Waals surface area contributed by atoms with Crippen molar-refractivity contribution in [3.63, 3.8) is 0 Å². The van der Waals surface area contributed by atoms with Crippen molar-refractivity contribution in [2.75, 3.05) is 13.6 Å². The van der Waals surface area contributed by atoms with Gasteiger partial charge in [-0.05, 0) is 34.2 Å². The third-order valence-corrected chi connectivity index (χ3v) is 3.66. The van der Waals surface area contributed by atoms with E-state index < -0.39 is 0 Å². The smallest absolute Gasteiger partial charge is 0.241 e. The van der Waals surface area contributed by atoms with E-state index in [1.54, 1.807) is 0 Å². The third kappa shape index (κ3) is 2.61. The molecule has 1 amide bonds. The first kappa shape index (κ1) is 14.0. The zero-order valence-corrected chi connectivity index (χ0v) is 11.5. The molecule has 1 aliphatic rings. The molecule has 0 radical (unpaired) electrons. The molecule has 17 heavy (non-hydrogen) atoms. The molecule has 1 rings (SSSR count). The van der Waals surface area contributed by atoms with Gasteiger partial charge >= 0.3 is 0 Å². The Hall–Kier alpha value is -1.08. The topological polar surface area (TPSA) is 47.3 Å². The van der Waals surface area contributed by atoms with Crippen LogP contribution >= 0.6 is 0 Å². The highest BCUT2D eigenvalue weighted by molar-refractivity contribution is 5.84. The largest absolute Gasteiger partial charge is 0.332 e. The average molecular weight is 237 g/mol. The van der Waals surface area contributed by atoms with Gasteiger partial charge in [0.1, 0.15) is 6.04 Å². The van der Waals surface area contributed by atoms with Crippen LogP contribution in [0.5, 0.6) is 0 Å². The summed E-state index contributed by atoms with van der Waals surface area (Å²) in [5.41, 5.74) is -0.160. The standard InChI is InChI=1S/C13H23N3O/c1-6-10(2)16-12(17)11(7-8-14)15(5)9-13(16,3)4/h10-11H,6-7,9H2,1-5H3. The number of carbonyl (C=O) groups is 1. The van der Waals surface area contributed by atoms with Crippen LogP contribution in [0, 0.1) is 11.3 Å². The molecule has 1 heterocycles. The predicted molar refractivity (Wildman–Crippen MR) is 67.3 cm³/mol. The van der Waals surface area contributed by atoms with E-state index in [1.165, 1.54) is 0 Å². The molecule has 0 aromatic heterocycles. The Morgan fingerprint density at radius 2 is 2.18 bits per heavy atom. The number of amides is 1. The van der Waals surface area contributed by atoms with Crippen molar-refractivity contribution in [1.29, 1.82) is 5.26 Å². The Morgan fingerprint density at radius 3 is 2.65 bits per heavy atom. The van der Waals surface area contributed by atoms with Crippen molar-refractivity contribution >= 4 is 5.91 Å². The van der Waals surface area contributed by atoms with E-state index in [1.807, 2.05) is 16.8 Å². The third-order valence-electron chi connectivity index (χ3n) is 3.66. The number of piperazine rings is 1. The van der Waals surface area contributed by atoms with E-state index in [-0.39, 0.29) is 30.0 Å². The van der Waals surface area contributed by atoms with E-state index in [0.29, 0.717) is 0 Å². The molecule has 2 unspecified atom stereocenters. The zero-order chi connectivity index (χ0) is 13.2. The fourth-order valence-corrected chi connectivity index (χ4v) is 2.77. The van der Waals surface area contributed by atoms with Crippen LogP contribution < -0.4 is 0 Å². The Bertz CT molecular complexity index is 332. The Kier molecular flexibility index (Phi) is 4.16. The quantitative estimate of drug-likeness (QED) is 0.749. The van der Waals surface area contributed by atoms with Gasteiger partial charge in [-0.1, -0.05) is 6.92 Å². The lowest BCUT2D eigenvalue weighted by Gasteiger charge is -2.51. The molecule has 0 aromatic carbocycles. The second kappa shape index (κ2) is 5.05. The summed E-state index contributed by atoms with van der Waals surface area (Å²) in [6.07, 6.45) is 1.22. The molecule has 1 saturated heterocycles. The average Bonchev–Trinajstić information content (AvgIpc) is 2.22. The first-order valence-corrected chi connectivity index (χ1v) is 6.25. The maximum atomic E-state index is 12.5. The van der Waals surface area contributed by atoms with Crippen molar-refractivity contribution < 1.29 is 4.79 Å². The van der Waals surface area contributed by atoms with Crippen LogP contribution in [0.2, 0.25) is 0 Å². The molecule has 0 saturated carbocycles. The number of nitriles is 1. The number of nitrogens with zero attached hydrogens (tertiary/aromatic N) is 3. The fraction of sp³-hybridized carbons (Fsp3) is 0.846. The molecule has 0 aromatic rings. The van der Waals surface area contributed by atoms with Gasteiger partial charge in [0.15, 0.2) is 0 Å². The summed E-state index contributed by atoms with van der Waals surface area (Å²) >= 11 is 0. The van der Waals surface area contributed by atoms with Gasteiger partial charge in [0.25, 0.3) is 0 Å². The molecular formula is C13H23N3O. The maximum absolute atomic E-state index is 12.5. The fourth-order valence-electron chi connectivity index (χ4n) is 2.77. The highest BCUT2D eigenvalue weighted by Gasteiger charge is 2.44. The summed E-state index contributed by atoms with van der Waals surface area (Å²) < 4.78 is 0. The lowest BCUT2D eigenvalue weighted by atomic mass is 9.92. The van der Waals surface area contributed by atoms with Crippen LogP contribution in [0.1, 0.15) is 40.5 Å². The Labute approximate surface area is 104 Å². The van der Waals surface area contributed by atoms with Gasteiger partial charge in [-0.3, -0.25) is 9.69 Å². The molecule has 1 aliphatic heterocycles. The van der Waals surface area contributed by atoms with E-state index in [2.05, 4.69) is 33.8 Å². The molecule has 0 N–H and O–H groups in total. The lowest BCUT2D eigenvalue weighted by molar-refractivity contribution is -0.154. The highest BCUT2D eigenvalue weighted by Crippen LogP contribution is 2.28. The van der Waals surface area contributed by atoms with Crippen molar-refractivity contribution in [3.8, 4) is 6.07 Å². The second-order valence-corrected chi connectivity index (χ2v) is 5.57. The second-order valence-electron chi connectivity index (χ2n) is 5.57. The number of hydrogen-bond acceptors (Lipinski definition) is 3. The lowest BCUT2D eigenvalue weighted by Crippen LogP contribution is -2.67. The van der Waals surface area contributed by atoms with Crippen molar-refractivity contribution in [2.24, 2.45) is 0 Å². The van der Waals surface area contributed by atoms with Gasteiger partial charge in [-0.2, -0.15) is 5.26 Å². The number of hydrogen-bond donors (Lipinski definition) is 0. The monoisotopic (exact) mass is 237 g/mol. The van der Waals surface area contributed by atoms with Crippen LogP contribution in [0.4, 0.5) is 0 Å². The van der Waals surface area contributed by atoms with Gasteiger partial charge in [0.05, 0.1) is 18.0 Å². The summed E-state index contributed by atoms with van der Waals surface area (Å²) in [6.45, 7) is 9.17. The van der Waals surface area contributed by atoms with Gasteiger partial charge in [-0.25, -0.2) is 0 Å². The number of carbonyl (C=O) groups excluding carboxylic acids is 1. The zero-order valence-electron chi connectivity index (χ0n) is 11.5. The molecule has 0 aliphatic carbocycles. The SMILES string of the molecule is CCC(C)N1C(=O)C(CC#N)N(C)CC1(C)C. The molecule has 4 heteroatoms. The van der Waals surface area contributed by atoms with Crippen LogP contribution in [-0.2, 0) is 4.79 Å². The summed E-state index contributed by atoms with van der Waals surface area (Å²) in [7, 11) is 1.93. The Balaban J connectivity index is 3.01. The highest BCUT2D eigenvalue weighted by atomic mass is 16.2. The molecule has 0 spiro atoms. The summed E-state index contributed by atoms with van der Waals surface area (Å²) in [4.78, 5) is 16.4. The maximum Gasteiger partial charge on any atom is 0.241 e. The van der Waals surface area contributed by atoms with Gasteiger partial charge in [-0.15, -0.1) is 0 Å². The van der Waals surface area contributed by atoms with E-state index in [0.717, 1.165) is 13.0 Å². The molecule has 1 fully saturated rings. The molecule has 96 valence electrons. The minimum Gasteiger partial charge on any atom is -0.332 e. The van der Waals surface area contributed by atoms with Gasteiger partial charge < -0.3 is 4.90 Å². The molecule has 2 atom stereocenters. The van der Waals surface area contributed by atoms with Crippen molar-refractivity contribution in [3.05, 3.63) is 0 Å². The van der Waals surface area contributed by atoms with Gasteiger partial charge in [0.2, 0.25) is 5.91 Å². The first-order valence-electron chi connectivity index (χ1n) is 6.25. The van der Waals surface area contributed by atoms with Crippen LogP contribution in [0.25, 0.3) is 0 Å². The first-order chi connectivity index (χ1) is 7.85. The molecular weight excluding hydrogens is 214 g/mol. The number of rotatable bonds is 3. The summed E-state index contributed by atoms with van der Waals surface area (Å²) in [6, 6.07) is 2.07. The van der Waals surface area contributed by atoms with Crippen LogP contribution in [-0.4, -0.2) is 46.9 Å². The minimum atomic E-state index is -0.276. The van der Waals surface area contributed by atoms with Crippen molar-refractivity contribution in [1.82, 2.24) is 9.80 Å². The van der Waals surface area contributed by atoms with E-state index in [4.69, 9.17) is 5.26 Å². The normalized spacial score (nSPS) is 26.7. The van der Waals surface area contributed by atoms with Crippen LogP contribution in [0.3, 0.4) is 0 Å². The Morgan fingerprint density at radius 1 is 1.59 bits per heavy atom. The molecule has 0 bridgehead atoms.